The second-order valence-electron chi connectivity index (χ2n) is 7.75. The Morgan fingerprint density at radius 2 is 1.91 bits per heavy atom. The maximum atomic E-state index is 12.8. The van der Waals surface area contributed by atoms with Gasteiger partial charge in [0.1, 0.15) is 0 Å². The molecule has 1 aromatic heterocycles. The molecule has 0 spiro atoms. The number of amides is 2. The van der Waals surface area contributed by atoms with E-state index < -0.39 is 5.92 Å². The van der Waals surface area contributed by atoms with Crippen molar-refractivity contribution in [3.63, 3.8) is 0 Å². The zero-order valence-electron chi connectivity index (χ0n) is 18.1. The molecule has 1 fully saturated rings. The van der Waals surface area contributed by atoms with Gasteiger partial charge in [0.15, 0.2) is 11.5 Å². The number of carbonyl (C=O) groups excluding carboxylic acids is 2. The predicted molar refractivity (Wildman–Crippen MR) is 119 cm³/mol. The third-order valence-corrected chi connectivity index (χ3v) is 5.59. The molecule has 0 aliphatic carbocycles. The first-order valence-corrected chi connectivity index (χ1v) is 10.1. The van der Waals surface area contributed by atoms with Gasteiger partial charge < -0.3 is 24.3 Å². The summed E-state index contributed by atoms with van der Waals surface area (Å²) in [5.74, 6) is 0.379. The molecular weight excluding hydrogens is 412 g/mol. The number of nitrogens with one attached hydrogen (secondary N) is 1. The molecule has 1 aliphatic rings. The number of methoxy groups -OCH3 is 2. The van der Waals surface area contributed by atoms with Crippen LogP contribution >= 0.6 is 0 Å². The number of fused-ring (bicyclic) bond motifs is 1. The number of hydrogen-bond donors (Lipinski definition) is 1. The van der Waals surface area contributed by atoms with Gasteiger partial charge in [-0.1, -0.05) is 6.07 Å². The standard InChI is InChI=1S/C23H24N4O5/c1-26-13-24-18-6-5-16(10-17(18)23(26)30)25-22(29)15-9-21(28)27(12-15)11-14-4-7-19(31-2)20(8-14)32-3/h4-8,10,13,15H,9,11-12H2,1-3H3,(H,25,29)/t15-/m0/s1. The highest BCUT2D eigenvalue weighted by molar-refractivity contribution is 5.98. The van der Waals surface area contributed by atoms with E-state index in [2.05, 4.69) is 10.3 Å². The van der Waals surface area contributed by atoms with Crippen LogP contribution in [0.2, 0.25) is 0 Å². The van der Waals surface area contributed by atoms with E-state index in [1.54, 1.807) is 50.4 Å². The fourth-order valence-electron chi connectivity index (χ4n) is 3.83. The van der Waals surface area contributed by atoms with Gasteiger partial charge in [0.25, 0.3) is 5.56 Å². The van der Waals surface area contributed by atoms with Crippen molar-refractivity contribution in [2.45, 2.75) is 13.0 Å². The van der Waals surface area contributed by atoms with Gasteiger partial charge in [0.05, 0.1) is 37.4 Å². The number of rotatable bonds is 6. The van der Waals surface area contributed by atoms with Crippen molar-refractivity contribution in [2.75, 3.05) is 26.1 Å². The van der Waals surface area contributed by atoms with Crippen LogP contribution in [0.5, 0.6) is 11.5 Å². The molecule has 0 radical (unpaired) electrons. The number of anilines is 1. The second-order valence-corrected chi connectivity index (χ2v) is 7.75. The molecule has 0 saturated carbocycles. The Morgan fingerprint density at radius 1 is 1.12 bits per heavy atom. The van der Waals surface area contributed by atoms with Crippen molar-refractivity contribution in [2.24, 2.45) is 13.0 Å². The lowest BCUT2D eigenvalue weighted by atomic mass is 10.1. The summed E-state index contributed by atoms with van der Waals surface area (Å²) >= 11 is 0. The van der Waals surface area contributed by atoms with Crippen LogP contribution in [0.15, 0.2) is 47.5 Å². The van der Waals surface area contributed by atoms with Gasteiger partial charge in [-0.3, -0.25) is 14.4 Å². The molecule has 4 rings (SSSR count). The Morgan fingerprint density at radius 3 is 2.66 bits per heavy atom. The minimum Gasteiger partial charge on any atom is -0.493 e. The number of hydrogen-bond acceptors (Lipinski definition) is 6. The molecule has 9 nitrogen and oxygen atoms in total. The zero-order chi connectivity index (χ0) is 22.8. The van der Waals surface area contributed by atoms with Crippen LogP contribution in [0.3, 0.4) is 0 Å². The van der Waals surface area contributed by atoms with E-state index in [1.807, 2.05) is 12.1 Å². The number of carbonyl (C=O) groups is 2. The lowest BCUT2D eigenvalue weighted by Crippen LogP contribution is -2.28. The van der Waals surface area contributed by atoms with Crippen molar-refractivity contribution in [3.8, 4) is 11.5 Å². The molecule has 1 aliphatic heterocycles. The van der Waals surface area contributed by atoms with E-state index in [0.717, 1.165) is 5.56 Å². The normalized spacial score (nSPS) is 15.8. The molecule has 2 amide bonds. The molecule has 2 heterocycles. The molecule has 1 saturated heterocycles. The van der Waals surface area contributed by atoms with E-state index in [1.165, 1.54) is 10.9 Å². The van der Waals surface area contributed by atoms with Crippen molar-refractivity contribution >= 4 is 28.4 Å². The quantitative estimate of drug-likeness (QED) is 0.634. The summed E-state index contributed by atoms with van der Waals surface area (Å²) in [5.41, 5.74) is 1.75. The Kier molecular flexibility index (Phi) is 5.81. The van der Waals surface area contributed by atoms with Crippen molar-refractivity contribution < 1.29 is 19.1 Å². The second kappa shape index (κ2) is 8.70. The van der Waals surface area contributed by atoms with Crippen LogP contribution in [-0.2, 0) is 23.2 Å². The molecule has 1 atom stereocenters. The van der Waals surface area contributed by atoms with Crippen LogP contribution in [0.1, 0.15) is 12.0 Å². The van der Waals surface area contributed by atoms with Crippen LogP contribution in [0.25, 0.3) is 10.9 Å². The monoisotopic (exact) mass is 436 g/mol. The number of aryl methyl sites for hydroxylation is 1. The molecule has 3 aromatic rings. The van der Waals surface area contributed by atoms with Crippen LogP contribution < -0.4 is 20.3 Å². The number of likely N-dealkylation sites (tertiary alicyclic amines) is 1. The van der Waals surface area contributed by atoms with Crippen LogP contribution in [0, 0.1) is 5.92 Å². The van der Waals surface area contributed by atoms with E-state index in [-0.39, 0.29) is 23.8 Å². The first kappa shape index (κ1) is 21.4. The average Bonchev–Trinajstić information content (AvgIpc) is 3.16. The Balaban J connectivity index is 1.45. The van der Waals surface area contributed by atoms with Gasteiger partial charge in [-0.25, -0.2) is 4.98 Å². The molecule has 166 valence electrons. The fraction of sp³-hybridized carbons (Fsp3) is 0.304. The van der Waals surface area contributed by atoms with Gasteiger partial charge in [-0.05, 0) is 35.9 Å². The maximum Gasteiger partial charge on any atom is 0.260 e. The van der Waals surface area contributed by atoms with Gasteiger partial charge in [0.2, 0.25) is 11.8 Å². The zero-order valence-corrected chi connectivity index (χ0v) is 18.1. The Bertz CT molecular complexity index is 1250. The van der Waals surface area contributed by atoms with Gasteiger partial charge in [-0.15, -0.1) is 0 Å². The predicted octanol–water partition coefficient (Wildman–Crippen LogP) is 1.94. The minimum absolute atomic E-state index is 0.0866. The molecule has 32 heavy (non-hydrogen) atoms. The van der Waals surface area contributed by atoms with Crippen molar-refractivity contribution in [1.82, 2.24) is 14.5 Å². The number of benzene rings is 2. The third kappa shape index (κ3) is 4.14. The lowest BCUT2D eigenvalue weighted by Gasteiger charge is -2.18. The van der Waals surface area contributed by atoms with E-state index in [4.69, 9.17) is 9.47 Å². The summed E-state index contributed by atoms with van der Waals surface area (Å²) in [6.45, 7) is 0.691. The molecule has 0 unspecified atom stereocenters. The largest absolute Gasteiger partial charge is 0.493 e. The summed E-state index contributed by atoms with van der Waals surface area (Å²) in [5, 5.41) is 3.25. The highest BCUT2D eigenvalue weighted by Crippen LogP contribution is 2.29. The smallest absolute Gasteiger partial charge is 0.260 e. The summed E-state index contributed by atoms with van der Waals surface area (Å²) < 4.78 is 11.9. The highest BCUT2D eigenvalue weighted by Gasteiger charge is 2.34. The lowest BCUT2D eigenvalue weighted by molar-refractivity contribution is -0.128. The van der Waals surface area contributed by atoms with E-state index in [0.29, 0.717) is 41.2 Å². The average molecular weight is 436 g/mol. The van der Waals surface area contributed by atoms with E-state index >= 15 is 0 Å². The molecule has 9 heteroatoms. The number of nitrogens with zero attached hydrogens (tertiary/aromatic N) is 3. The van der Waals surface area contributed by atoms with Crippen molar-refractivity contribution in [3.05, 3.63) is 58.6 Å². The Hall–Kier alpha value is -3.88. The van der Waals surface area contributed by atoms with Gasteiger partial charge >= 0.3 is 0 Å². The van der Waals surface area contributed by atoms with E-state index in [9.17, 15) is 14.4 Å². The molecule has 2 aromatic carbocycles. The van der Waals surface area contributed by atoms with Crippen LogP contribution in [-0.4, -0.2) is 47.0 Å². The van der Waals surface area contributed by atoms with Gasteiger partial charge in [0, 0.05) is 32.2 Å². The summed E-state index contributed by atoms with van der Waals surface area (Å²) in [6, 6.07) is 10.5. The van der Waals surface area contributed by atoms with Crippen molar-refractivity contribution in [1.29, 1.82) is 0 Å². The minimum atomic E-state index is -0.477. The first-order valence-electron chi connectivity index (χ1n) is 10.1. The number of aromatic nitrogens is 2. The summed E-state index contributed by atoms with van der Waals surface area (Å²) in [6.07, 6.45) is 1.59. The summed E-state index contributed by atoms with van der Waals surface area (Å²) in [4.78, 5) is 43.5. The molecule has 0 bridgehead atoms. The topological polar surface area (TPSA) is 103 Å². The first-order chi connectivity index (χ1) is 15.4. The van der Waals surface area contributed by atoms with Gasteiger partial charge in [-0.2, -0.15) is 0 Å². The SMILES string of the molecule is COc1ccc(CN2C[C@@H](C(=O)Nc3ccc4ncn(C)c(=O)c4c3)CC2=O)cc1OC. The fourth-order valence-corrected chi connectivity index (χ4v) is 3.83. The Labute approximate surface area is 184 Å². The van der Waals surface area contributed by atoms with Crippen LogP contribution in [0.4, 0.5) is 5.69 Å². The highest BCUT2D eigenvalue weighted by atomic mass is 16.5. The number of ether oxygens (including phenoxy) is 2. The maximum absolute atomic E-state index is 12.8. The summed E-state index contributed by atoms with van der Waals surface area (Å²) in [7, 11) is 4.74. The molecule has 1 N–H and O–H groups in total. The molecular formula is C23H24N4O5. The third-order valence-electron chi connectivity index (χ3n) is 5.59.